The number of amides is 2. The largest absolute Gasteiger partial charge is 0.393 e. The Balaban J connectivity index is 1.61. The van der Waals surface area contributed by atoms with Gasteiger partial charge in [0.2, 0.25) is 0 Å². The molecule has 1 aromatic rings. The first-order valence-electron chi connectivity index (χ1n) is 6.63. The highest BCUT2D eigenvalue weighted by molar-refractivity contribution is 6.30. The van der Waals surface area contributed by atoms with Crippen LogP contribution < -0.4 is 5.32 Å². The van der Waals surface area contributed by atoms with E-state index in [-0.39, 0.29) is 18.1 Å². The van der Waals surface area contributed by atoms with E-state index in [1.54, 1.807) is 29.2 Å². The molecule has 2 amide bonds. The Kier molecular flexibility index (Phi) is 3.37. The Morgan fingerprint density at radius 3 is 2.68 bits per heavy atom. The zero-order chi connectivity index (χ0) is 13.4. The Labute approximate surface area is 117 Å². The standard InChI is InChI=1S/C14H17ClN2O2/c15-10-2-4-11(5-3-10)16-14(19)17-7-9-1-6-13(18)12(9)8-17/h2-5,9,12-13,18H,1,6-8H2,(H,16,19). The molecule has 1 saturated carbocycles. The maximum atomic E-state index is 12.1. The second-order valence-electron chi connectivity index (χ2n) is 5.41. The van der Waals surface area contributed by atoms with E-state index in [4.69, 9.17) is 11.6 Å². The van der Waals surface area contributed by atoms with Gasteiger partial charge in [-0.05, 0) is 43.0 Å². The maximum Gasteiger partial charge on any atom is 0.321 e. The average molecular weight is 281 g/mol. The number of anilines is 1. The molecule has 19 heavy (non-hydrogen) atoms. The normalized spacial score (nSPS) is 29.4. The fourth-order valence-corrected chi connectivity index (χ4v) is 3.26. The van der Waals surface area contributed by atoms with Crippen LogP contribution in [0.4, 0.5) is 10.5 Å². The second kappa shape index (κ2) is 5.02. The minimum Gasteiger partial charge on any atom is -0.393 e. The highest BCUT2D eigenvalue weighted by Gasteiger charge is 2.43. The molecule has 0 aromatic heterocycles. The smallest absolute Gasteiger partial charge is 0.321 e. The number of rotatable bonds is 1. The number of hydrogen-bond acceptors (Lipinski definition) is 2. The summed E-state index contributed by atoms with van der Waals surface area (Å²) < 4.78 is 0. The topological polar surface area (TPSA) is 52.6 Å². The summed E-state index contributed by atoms with van der Waals surface area (Å²) in [6.45, 7) is 1.41. The number of hydrogen-bond donors (Lipinski definition) is 2. The van der Waals surface area contributed by atoms with E-state index >= 15 is 0 Å². The number of aliphatic hydroxyl groups is 1. The molecular formula is C14H17ClN2O2. The number of likely N-dealkylation sites (tertiary alicyclic amines) is 1. The lowest BCUT2D eigenvalue weighted by Gasteiger charge is -2.19. The lowest BCUT2D eigenvalue weighted by molar-refractivity contribution is 0.127. The van der Waals surface area contributed by atoms with Crippen molar-refractivity contribution in [1.29, 1.82) is 0 Å². The molecule has 1 saturated heterocycles. The Morgan fingerprint density at radius 2 is 2.00 bits per heavy atom. The van der Waals surface area contributed by atoms with E-state index in [9.17, 15) is 9.90 Å². The van der Waals surface area contributed by atoms with E-state index in [1.165, 1.54) is 0 Å². The van der Waals surface area contributed by atoms with Crippen LogP contribution in [-0.2, 0) is 0 Å². The van der Waals surface area contributed by atoms with Gasteiger partial charge in [0.25, 0.3) is 0 Å². The fraction of sp³-hybridized carbons (Fsp3) is 0.500. The second-order valence-corrected chi connectivity index (χ2v) is 5.85. The quantitative estimate of drug-likeness (QED) is 0.831. The van der Waals surface area contributed by atoms with Crippen molar-refractivity contribution >= 4 is 23.3 Å². The van der Waals surface area contributed by atoms with E-state index < -0.39 is 0 Å². The molecule has 1 aromatic carbocycles. The minimum atomic E-state index is -0.238. The summed E-state index contributed by atoms with van der Waals surface area (Å²) in [5.41, 5.74) is 0.743. The molecule has 1 heterocycles. The van der Waals surface area contributed by atoms with Gasteiger partial charge in [-0.15, -0.1) is 0 Å². The molecule has 0 radical (unpaired) electrons. The molecule has 3 unspecified atom stereocenters. The van der Waals surface area contributed by atoms with Crippen molar-refractivity contribution in [3.8, 4) is 0 Å². The number of fused-ring (bicyclic) bond motifs is 1. The molecule has 1 aliphatic carbocycles. The summed E-state index contributed by atoms with van der Waals surface area (Å²) in [6.07, 6.45) is 1.66. The lowest BCUT2D eigenvalue weighted by atomic mass is 10.00. The predicted octanol–water partition coefficient (Wildman–Crippen LogP) is 2.57. The molecule has 2 aliphatic rings. The maximum absolute atomic E-state index is 12.1. The monoisotopic (exact) mass is 280 g/mol. The summed E-state index contributed by atoms with van der Waals surface area (Å²) in [7, 11) is 0. The molecule has 102 valence electrons. The Morgan fingerprint density at radius 1 is 1.26 bits per heavy atom. The highest BCUT2D eigenvalue weighted by atomic mass is 35.5. The van der Waals surface area contributed by atoms with Crippen LogP contribution in [0, 0.1) is 11.8 Å². The molecule has 3 atom stereocenters. The van der Waals surface area contributed by atoms with Gasteiger partial charge in [-0.2, -0.15) is 0 Å². The van der Waals surface area contributed by atoms with Gasteiger partial charge in [0, 0.05) is 29.7 Å². The lowest BCUT2D eigenvalue weighted by Crippen LogP contribution is -2.34. The number of aliphatic hydroxyl groups excluding tert-OH is 1. The molecule has 5 heteroatoms. The van der Waals surface area contributed by atoms with E-state index in [1.807, 2.05) is 0 Å². The van der Waals surface area contributed by atoms with Crippen LogP contribution in [0.5, 0.6) is 0 Å². The van der Waals surface area contributed by atoms with Crippen molar-refractivity contribution in [2.24, 2.45) is 11.8 Å². The highest BCUT2D eigenvalue weighted by Crippen LogP contribution is 2.38. The molecule has 2 fully saturated rings. The van der Waals surface area contributed by atoms with Gasteiger partial charge in [-0.25, -0.2) is 4.79 Å². The summed E-state index contributed by atoms with van der Waals surface area (Å²) >= 11 is 5.81. The number of nitrogens with one attached hydrogen (secondary N) is 1. The number of nitrogens with zero attached hydrogens (tertiary/aromatic N) is 1. The number of urea groups is 1. The molecule has 2 N–H and O–H groups in total. The average Bonchev–Trinajstić information content (AvgIpc) is 2.95. The van der Waals surface area contributed by atoms with Crippen LogP contribution in [0.15, 0.2) is 24.3 Å². The van der Waals surface area contributed by atoms with E-state index in [2.05, 4.69) is 5.32 Å². The zero-order valence-electron chi connectivity index (χ0n) is 10.6. The number of carbonyl (C=O) groups excluding carboxylic acids is 1. The van der Waals surface area contributed by atoms with Crippen molar-refractivity contribution in [2.75, 3.05) is 18.4 Å². The van der Waals surface area contributed by atoms with Crippen molar-refractivity contribution in [3.63, 3.8) is 0 Å². The van der Waals surface area contributed by atoms with Crippen LogP contribution in [0.2, 0.25) is 5.02 Å². The molecule has 0 bridgehead atoms. The Hall–Kier alpha value is -1.26. The van der Waals surface area contributed by atoms with Crippen molar-refractivity contribution in [3.05, 3.63) is 29.3 Å². The summed E-state index contributed by atoms with van der Waals surface area (Å²) in [4.78, 5) is 13.9. The summed E-state index contributed by atoms with van der Waals surface area (Å²) in [6, 6.07) is 6.97. The number of halogens is 1. The first kappa shape index (κ1) is 12.8. The van der Waals surface area contributed by atoms with Crippen LogP contribution >= 0.6 is 11.6 Å². The van der Waals surface area contributed by atoms with Gasteiger partial charge in [-0.1, -0.05) is 11.6 Å². The molecule has 4 nitrogen and oxygen atoms in total. The summed E-state index contributed by atoms with van der Waals surface area (Å²) in [5.74, 6) is 0.724. The molecule has 3 rings (SSSR count). The van der Waals surface area contributed by atoms with Gasteiger partial charge in [-0.3, -0.25) is 0 Å². The third kappa shape index (κ3) is 2.55. The fourth-order valence-electron chi connectivity index (χ4n) is 3.14. The number of benzene rings is 1. The third-order valence-electron chi connectivity index (χ3n) is 4.20. The molecular weight excluding hydrogens is 264 g/mol. The number of carbonyl (C=O) groups is 1. The van der Waals surface area contributed by atoms with Crippen LogP contribution in [0.3, 0.4) is 0 Å². The van der Waals surface area contributed by atoms with Crippen molar-refractivity contribution in [1.82, 2.24) is 4.90 Å². The van der Waals surface area contributed by atoms with E-state index in [0.717, 1.165) is 25.1 Å². The van der Waals surface area contributed by atoms with Crippen LogP contribution in [-0.4, -0.2) is 35.2 Å². The molecule has 0 spiro atoms. The Bertz CT molecular complexity index is 477. The summed E-state index contributed by atoms with van der Waals surface area (Å²) in [5, 5.41) is 13.4. The first-order chi connectivity index (χ1) is 9.13. The van der Waals surface area contributed by atoms with Gasteiger partial charge in [0.05, 0.1) is 6.10 Å². The van der Waals surface area contributed by atoms with Crippen LogP contribution in [0.1, 0.15) is 12.8 Å². The predicted molar refractivity (Wildman–Crippen MR) is 74.3 cm³/mol. The van der Waals surface area contributed by atoms with Gasteiger partial charge < -0.3 is 15.3 Å². The first-order valence-corrected chi connectivity index (χ1v) is 7.01. The zero-order valence-corrected chi connectivity index (χ0v) is 11.3. The molecule has 1 aliphatic heterocycles. The van der Waals surface area contributed by atoms with Gasteiger partial charge >= 0.3 is 6.03 Å². The van der Waals surface area contributed by atoms with Gasteiger partial charge in [0.15, 0.2) is 0 Å². The van der Waals surface area contributed by atoms with Crippen molar-refractivity contribution < 1.29 is 9.90 Å². The van der Waals surface area contributed by atoms with Crippen LogP contribution in [0.25, 0.3) is 0 Å². The van der Waals surface area contributed by atoms with Gasteiger partial charge in [0.1, 0.15) is 0 Å². The minimum absolute atomic E-state index is 0.0936. The third-order valence-corrected chi connectivity index (χ3v) is 4.45. The SMILES string of the molecule is O=C(Nc1ccc(Cl)cc1)N1CC2CCC(O)C2C1. The van der Waals surface area contributed by atoms with Crippen molar-refractivity contribution in [2.45, 2.75) is 18.9 Å². The van der Waals surface area contributed by atoms with E-state index in [0.29, 0.717) is 17.5 Å².